The molecule has 0 aliphatic rings. The third-order valence-corrected chi connectivity index (χ3v) is 5.11. The molecule has 4 heteroatoms. The Morgan fingerprint density at radius 3 is 1.78 bits per heavy atom. The lowest BCUT2D eigenvalue weighted by Crippen LogP contribution is -2.32. The van der Waals surface area contributed by atoms with Crippen LogP contribution in [0.3, 0.4) is 0 Å². The molecule has 1 amide bonds. The number of hydrogen-bond acceptors (Lipinski definition) is 2. The van der Waals surface area contributed by atoms with Crippen LogP contribution >= 0.6 is 11.6 Å². The van der Waals surface area contributed by atoms with Crippen LogP contribution in [0.15, 0.2) is 24.3 Å². The molecule has 1 aromatic rings. The Balaban J connectivity index is 2.17. The number of ether oxygens (including phenoxy) is 1. The number of nitrogens with zero attached hydrogens (tertiary/aromatic N) is 1. The topological polar surface area (TPSA) is 29.5 Å². The van der Waals surface area contributed by atoms with Crippen molar-refractivity contribution in [3.63, 3.8) is 0 Å². The molecule has 0 heterocycles. The van der Waals surface area contributed by atoms with Gasteiger partial charge in [0.15, 0.2) is 0 Å². The highest BCUT2D eigenvalue weighted by Gasteiger charge is 2.16. The second-order valence-electron chi connectivity index (χ2n) is 7.22. The Bertz CT molecular complexity index is 490. The maximum absolute atomic E-state index is 12.2. The SMILES string of the molecule is CCCCCCCCCCCCCCN(C(=O)OCC)c1ccc(Cl)cc1. The van der Waals surface area contributed by atoms with E-state index in [2.05, 4.69) is 6.92 Å². The van der Waals surface area contributed by atoms with Gasteiger partial charge in [-0.2, -0.15) is 0 Å². The summed E-state index contributed by atoms with van der Waals surface area (Å²) in [4.78, 5) is 14.0. The number of amides is 1. The van der Waals surface area contributed by atoms with Crippen molar-refractivity contribution >= 4 is 23.4 Å². The molecule has 1 aromatic carbocycles. The number of unbranched alkanes of at least 4 members (excludes halogenated alkanes) is 11. The molecule has 0 aliphatic heterocycles. The van der Waals surface area contributed by atoms with E-state index in [0.717, 1.165) is 18.5 Å². The highest BCUT2D eigenvalue weighted by molar-refractivity contribution is 6.30. The largest absolute Gasteiger partial charge is 0.449 e. The van der Waals surface area contributed by atoms with Crippen LogP contribution in [0, 0.1) is 0 Å². The summed E-state index contributed by atoms with van der Waals surface area (Å²) in [7, 11) is 0. The lowest BCUT2D eigenvalue weighted by molar-refractivity contribution is 0.159. The molecule has 0 unspecified atom stereocenters. The molecule has 0 bridgehead atoms. The molecule has 3 nitrogen and oxygen atoms in total. The fraction of sp³-hybridized carbons (Fsp3) is 0.696. The first kappa shape index (κ1) is 23.8. The van der Waals surface area contributed by atoms with Crippen LogP contribution in [0.4, 0.5) is 10.5 Å². The van der Waals surface area contributed by atoms with E-state index in [4.69, 9.17) is 16.3 Å². The Morgan fingerprint density at radius 2 is 1.30 bits per heavy atom. The summed E-state index contributed by atoms with van der Waals surface area (Å²) < 4.78 is 5.20. The van der Waals surface area contributed by atoms with Crippen molar-refractivity contribution in [3.8, 4) is 0 Å². The van der Waals surface area contributed by atoms with Crippen molar-refractivity contribution in [1.29, 1.82) is 0 Å². The van der Waals surface area contributed by atoms with Crippen LogP contribution in [-0.4, -0.2) is 19.2 Å². The molecule has 0 aliphatic carbocycles. The second kappa shape index (κ2) is 15.8. The summed E-state index contributed by atoms with van der Waals surface area (Å²) in [6, 6.07) is 7.37. The van der Waals surface area contributed by atoms with E-state index < -0.39 is 0 Å². The van der Waals surface area contributed by atoms with Crippen molar-refractivity contribution < 1.29 is 9.53 Å². The van der Waals surface area contributed by atoms with Crippen molar-refractivity contribution in [2.75, 3.05) is 18.1 Å². The maximum Gasteiger partial charge on any atom is 0.414 e. The van der Waals surface area contributed by atoms with Crippen molar-refractivity contribution in [1.82, 2.24) is 0 Å². The van der Waals surface area contributed by atoms with Crippen LogP contribution in [0.1, 0.15) is 90.9 Å². The monoisotopic (exact) mass is 395 g/mol. The molecular formula is C23H38ClNO2. The number of rotatable bonds is 15. The van der Waals surface area contributed by atoms with Gasteiger partial charge in [-0.1, -0.05) is 89.2 Å². The quantitative estimate of drug-likeness (QED) is 0.281. The van der Waals surface area contributed by atoms with E-state index in [-0.39, 0.29) is 6.09 Å². The van der Waals surface area contributed by atoms with E-state index in [0.29, 0.717) is 18.2 Å². The highest BCUT2D eigenvalue weighted by atomic mass is 35.5. The number of carbonyl (C=O) groups is 1. The van der Waals surface area contributed by atoms with E-state index in [1.807, 2.05) is 31.2 Å². The minimum Gasteiger partial charge on any atom is -0.449 e. The number of anilines is 1. The molecule has 0 fully saturated rings. The summed E-state index contributed by atoms with van der Waals surface area (Å²) >= 11 is 5.95. The number of benzene rings is 1. The molecule has 0 saturated heterocycles. The zero-order valence-electron chi connectivity index (χ0n) is 17.4. The van der Waals surface area contributed by atoms with Gasteiger partial charge in [0.1, 0.15) is 0 Å². The van der Waals surface area contributed by atoms with E-state index >= 15 is 0 Å². The van der Waals surface area contributed by atoms with Crippen LogP contribution in [0.25, 0.3) is 0 Å². The van der Waals surface area contributed by atoms with E-state index in [1.165, 1.54) is 64.2 Å². The first-order valence-corrected chi connectivity index (χ1v) is 11.3. The summed E-state index contributed by atoms with van der Waals surface area (Å²) in [5, 5.41) is 0.674. The molecule has 0 spiro atoms. The molecule has 0 saturated carbocycles. The molecular weight excluding hydrogens is 358 g/mol. The van der Waals surface area contributed by atoms with Gasteiger partial charge < -0.3 is 4.74 Å². The summed E-state index contributed by atoms with van der Waals surface area (Å²) in [6.45, 7) is 5.18. The zero-order chi connectivity index (χ0) is 19.7. The molecule has 0 radical (unpaired) electrons. The van der Waals surface area contributed by atoms with E-state index in [1.54, 1.807) is 4.90 Å². The lowest BCUT2D eigenvalue weighted by Gasteiger charge is -2.22. The van der Waals surface area contributed by atoms with Crippen LogP contribution < -0.4 is 4.90 Å². The van der Waals surface area contributed by atoms with Gasteiger partial charge in [0, 0.05) is 17.3 Å². The van der Waals surface area contributed by atoms with Crippen LogP contribution in [0.5, 0.6) is 0 Å². The molecule has 0 atom stereocenters. The minimum absolute atomic E-state index is 0.275. The molecule has 154 valence electrons. The molecule has 27 heavy (non-hydrogen) atoms. The van der Waals surface area contributed by atoms with Gasteiger partial charge in [0.2, 0.25) is 0 Å². The van der Waals surface area contributed by atoms with Gasteiger partial charge in [-0.25, -0.2) is 4.79 Å². The van der Waals surface area contributed by atoms with Crippen molar-refractivity contribution in [2.45, 2.75) is 90.9 Å². The molecule has 0 N–H and O–H groups in total. The Labute approximate surface area is 171 Å². The van der Waals surface area contributed by atoms with Crippen molar-refractivity contribution in [3.05, 3.63) is 29.3 Å². The Hall–Kier alpha value is -1.22. The molecule has 1 rings (SSSR count). The predicted molar refractivity (Wildman–Crippen MR) is 117 cm³/mol. The minimum atomic E-state index is -0.275. The van der Waals surface area contributed by atoms with Crippen LogP contribution in [-0.2, 0) is 4.74 Å². The summed E-state index contributed by atoms with van der Waals surface area (Å²) in [6.07, 6.45) is 15.4. The lowest BCUT2D eigenvalue weighted by atomic mass is 10.1. The van der Waals surface area contributed by atoms with Gasteiger partial charge in [-0.15, -0.1) is 0 Å². The summed E-state index contributed by atoms with van der Waals surface area (Å²) in [5.41, 5.74) is 0.848. The standard InChI is InChI=1S/C23H38ClNO2/c1-3-5-6-7-8-9-10-11-12-13-14-15-20-25(23(26)27-4-2)22-18-16-21(24)17-19-22/h16-19H,3-15,20H2,1-2H3. The Kier molecular flexibility index (Phi) is 13.9. The van der Waals surface area contributed by atoms with Crippen molar-refractivity contribution in [2.24, 2.45) is 0 Å². The van der Waals surface area contributed by atoms with Gasteiger partial charge in [0.25, 0.3) is 0 Å². The normalized spacial score (nSPS) is 10.8. The average Bonchev–Trinajstić information content (AvgIpc) is 2.67. The van der Waals surface area contributed by atoms with Gasteiger partial charge >= 0.3 is 6.09 Å². The highest BCUT2D eigenvalue weighted by Crippen LogP contribution is 2.20. The van der Waals surface area contributed by atoms with Gasteiger partial charge in [0.05, 0.1) is 6.61 Å². The Morgan fingerprint density at radius 1 is 0.815 bits per heavy atom. The fourth-order valence-electron chi connectivity index (χ4n) is 3.26. The third-order valence-electron chi connectivity index (χ3n) is 4.86. The second-order valence-corrected chi connectivity index (χ2v) is 7.65. The van der Waals surface area contributed by atoms with E-state index in [9.17, 15) is 4.79 Å². The third kappa shape index (κ3) is 11.3. The first-order chi connectivity index (χ1) is 13.2. The van der Waals surface area contributed by atoms with Gasteiger partial charge in [-0.3, -0.25) is 4.90 Å². The first-order valence-electron chi connectivity index (χ1n) is 10.9. The number of carbonyl (C=O) groups excluding carboxylic acids is 1. The number of halogens is 1. The predicted octanol–water partition coefficient (Wildman–Crippen LogP) is 8.00. The summed E-state index contributed by atoms with van der Waals surface area (Å²) in [5.74, 6) is 0. The van der Waals surface area contributed by atoms with Gasteiger partial charge in [-0.05, 0) is 37.6 Å². The average molecular weight is 396 g/mol. The van der Waals surface area contributed by atoms with Crippen LogP contribution in [0.2, 0.25) is 5.02 Å². The smallest absolute Gasteiger partial charge is 0.414 e. The number of hydrogen-bond donors (Lipinski definition) is 0. The maximum atomic E-state index is 12.2. The molecule has 0 aromatic heterocycles. The fourth-order valence-corrected chi connectivity index (χ4v) is 3.39. The zero-order valence-corrected chi connectivity index (χ0v) is 18.1.